The van der Waals surface area contributed by atoms with E-state index >= 15 is 0 Å². The molecule has 0 bridgehead atoms. The van der Waals surface area contributed by atoms with Gasteiger partial charge in [-0.05, 0) is 79.0 Å². The van der Waals surface area contributed by atoms with Crippen LogP contribution in [0.25, 0.3) is 11.1 Å². The number of carbonyl (C=O) groups excluding carboxylic acids is 2. The van der Waals surface area contributed by atoms with Gasteiger partial charge < -0.3 is 20.5 Å². The molecule has 7 nitrogen and oxygen atoms in total. The third-order valence-corrected chi connectivity index (χ3v) is 7.84. The molecule has 1 aliphatic rings. The Kier molecular flexibility index (Phi) is 7.52. The van der Waals surface area contributed by atoms with Crippen molar-refractivity contribution in [3.05, 3.63) is 85.9 Å². The minimum Gasteiger partial charge on any atom is -0.481 e. The Hall–Kier alpha value is -2.92. The number of nitrogens with one attached hydrogen (secondary N) is 2. The van der Waals surface area contributed by atoms with Gasteiger partial charge in [-0.25, -0.2) is 4.79 Å². The van der Waals surface area contributed by atoms with E-state index in [9.17, 15) is 19.5 Å². The first-order valence-electron chi connectivity index (χ1n) is 10.4. The molecular weight excluding hydrogens is 615 g/mol. The van der Waals surface area contributed by atoms with Gasteiger partial charge in [0.25, 0.3) is 0 Å². The Morgan fingerprint density at radius 2 is 1.62 bits per heavy atom. The largest absolute Gasteiger partial charge is 0.481 e. The lowest BCUT2D eigenvalue weighted by atomic mass is 9.98. The molecule has 4 rings (SSSR count). The molecule has 174 valence electrons. The summed E-state index contributed by atoms with van der Waals surface area (Å²) in [5.41, 5.74) is 4.79. The summed E-state index contributed by atoms with van der Waals surface area (Å²) in [5.74, 6) is -2.01. The number of aliphatic carboxylic acids is 1. The molecule has 0 aromatic heterocycles. The van der Waals surface area contributed by atoms with Crippen LogP contribution in [0.4, 0.5) is 10.5 Å². The number of halogens is 2. The van der Waals surface area contributed by atoms with Gasteiger partial charge >= 0.3 is 12.1 Å². The maximum absolute atomic E-state index is 12.7. The smallest absolute Gasteiger partial charge is 0.407 e. The fourth-order valence-corrected chi connectivity index (χ4v) is 4.73. The van der Waals surface area contributed by atoms with Gasteiger partial charge in [0.1, 0.15) is 12.6 Å². The Balaban J connectivity index is 1.43. The third kappa shape index (κ3) is 5.41. The minimum atomic E-state index is -1.30. The van der Waals surface area contributed by atoms with Crippen molar-refractivity contribution in [3.8, 4) is 11.1 Å². The molecule has 1 atom stereocenters. The molecule has 34 heavy (non-hydrogen) atoms. The van der Waals surface area contributed by atoms with E-state index in [-0.39, 0.29) is 12.5 Å². The number of carboxylic acid groups (broad SMARTS) is 1. The fourth-order valence-electron chi connectivity index (χ4n) is 3.97. The topological polar surface area (TPSA) is 105 Å². The molecule has 0 heterocycles. The SMILES string of the molecule is O=C(O)CC(NC(=O)OCC1c2ccccc2-c2ccccc21)C(=O)Nc1ccc(Br)c(I)c1. The first-order valence-corrected chi connectivity index (χ1v) is 12.3. The van der Waals surface area contributed by atoms with Crippen LogP contribution >= 0.6 is 38.5 Å². The molecular formula is C25H20BrIN2O5. The Morgan fingerprint density at radius 1 is 1.00 bits per heavy atom. The average Bonchev–Trinajstić information content (AvgIpc) is 3.13. The molecule has 0 radical (unpaired) electrons. The van der Waals surface area contributed by atoms with Gasteiger partial charge in [0.2, 0.25) is 5.91 Å². The van der Waals surface area contributed by atoms with Gasteiger partial charge in [-0.3, -0.25) is 9.59 Å². The minimum absolute atomic E-state index is 0.0617. The first kappa shape index (κ1) is 24.2. The lowest BCUT2D eigenvalue weighted by Crippen LogP contribution is -2.45. The number of carbonyl (C=O) groups is 3. The molecule has 1 unspecified atom stereocenters. The first-order chi connectivity index (χ1) is 16.3. The summed E-state index contributed by atoms with van der Waals surface area (Å²) in [6.07, 6.45) is -1.43. The van der Waals surface area contributed by atoms with Crippen molar-refractivity contribution in [1.29, 1.82) is 0 Å². The number of anilines is 1. The van der Waals surface area contributed by atoms with Crippen molar-refractivity contribution in [2.45, 2.75) is 18.4 Å². The van der Waals surface area contributed by atoms with Gasteiger partial charge in [0.15, 0.2) is 0 Å². The van der Waals surface area contributed by atoms with Crippen LogP contribution in [0.2, 0.25) is 0 Å². The lowest BCUT2D eigenvalue weighted by molar-refractivity contribution is -0.139. The lowest BCUT2D eigenvalue weighted by Gasteiger charge is -2.19. The highest BCUT2D eigenvalue weighted by atomic mass is 127. The van der Waals surface area contributed by atoms with Crippen molar-refractivity contribution in [2.24, 2.45) is 0 Å². The highest BCUT2D eigenvalue weighted by Crippen LogP contribution is 2.44. The van der Waals surface area contributed by atoms with Crippen LogP contribution < -0.4 is 10.6 Å². The Labute approximate surface area is 218 Å². The van der Waals surface area contributed by atoms with E-state index in [0.29, 0.717) is 5.69 Å². The summed E-state index contributed by atoms with van der Waals surface area (Å²) in [5, 5.41) is 14.3. The highest BCUT2D eigenvalue weighted by molar-refractivity contribution is 14.1. The molecule has 1 aliphatic carbocycles. The molecule has 0 aliphatic heterocycles. The number of hydrogen-bond acceptors (Lipinski definition) is 4. The molecule has 0 spiro atoms. The van der Waals surface area contributed by atoms with E-state index in [1.165, 1.54) is 0 Å². The van der Waals surface area contributed by atoms with Gasteiger partial charge in [0, 0.05) is 19.6 Å². The van der Waals surface area contributed by atoms with E-state index in [4.69, 9.17) is 4.74 Å². The molecule has 0 saturated heterocycles. The maximum Gasteiger partial charge on any atom is 0.407 e. The van der Waals surface area contributed by atoms with Gasteiger partial charge in [-0.2, -0.15) is 0 Å². The maximum atomic E-state index is 12.7. The van der Waals surface area contributed by atoms with E-state index in [2.05, 4.69) is 49.2 Å². The predicted molar refractivity (Wildman–Crippen MR) is 140 cm³/mol. The summed E-state index contributed by atoms with van der Waals surface area (Å²) >= 11 is 5.49. The van der Waals surface area contributed by atoms with Crippen LogP contribution in [0.5, 0.6) is 0 Å². The van der Waals surface area contributed by atoms with E-state index in [0.717, 1.165) is 30.3 Å². The summed E-state index contributed by atoms with van der Waals surface area (Å²) in [6, 6.07) is 19.8. The number of rotatable bonds is 7. The zero-order valence-electron chi connectivity index (χ0n) is 17.8. The number of amides is 2. The average molecular weight is 635 g/mol. The third-order valence-electron chi connectivity index (χ3n) is 5.52. The zero-order chi connectivity index (χ0) is 24.2. The van der Waals surface area contributed by atoms with Gasteiger partial charge in [0.05, 0.1) is 6.42 Å². The second-order valence-corrected chi connectivity index (χ2v) is 9.76. The summed E-state index contributed by atoms with van der Waals surface area (Å²) in [7, 11) is 0. The second-order valence-electron chi connectivity index (χ2n) is 7.74. The highest BCUT2D eigenvalue weighted by Gasteiger charge is 2.30. The normalized spacial score (nSPS) is 12.9. The number of fused-ring (bicyclic) bond motifs is 3. The molecule has 0 fully saturated rings. The van der Waals surface area contributed by atoms with Crippen LogP contribution in [-0.2, 0) is 14.3 Å². The van der Waals surface area contributed by atoms with Crippen molar-refractivity contribution in [3.63, 3.8) is 0 Å². The van der Waals surface area contributed by atoms with Crippen molar-refractivity contribution < 1.29 is 24.2 Å². The predicted octanol–water partition coefficient (Wildman–Crippen LogP) is 5.37. The van der Waals surface area contributed by atoms with E-state index in [1.807, 2.05) is 48.5 Å². The number of ether oxygens (including phenoxy) is 1. The molecule has 2 amide bonds. The second kappa shape index (κ2) is 10.6. The fraction of sp³-hybridized carbons (Fsp3) is 0.160. The Morgan fingerprint density at radius 3 is 2.21 bits per heavy atom. The standard InChI is InChI=1S/C25H20BrIN2O5/c26-20-10-9-14(11-21(20)27)28-24(32)22(12-23(30)31)29-25(33)34-13-19-17-7-3-1-5-15(17)16-6-2-4-8-18(16)19/h1-11,19,22H,12-13H2,(H,28,32)(H,29,33)(H,30,31). The van der Waals surface area contributed by atoms with Crippen molar-refractivity contribution in [2.75, 3.05) is 11.9 Å². The van der Waals surface area contributed by atoms with Crippen LogP contribution in [0.15, 0.2) is 71.2 Å². The Bertz CT molecular complexity index is 1220. The van der Waals surface area contributed by atoms with Crippen LogP contribution in [0.1, 0.15) is 23.5 Å². The van der Waals surface area contributed by atoms with Crippen molar-refractivity contribution >= 4 is 62.2 Å². The molecule has 9 heteroatoms. The molecule has 3 aromatic carbocycles. The molecule has 3 aromatic rings. The number of benzene rings is 3. The zero-order valence-corrected chi connectivity index (χ0v) is 21.5. The van der Waals surface area contributed by atoms with Crippen LogP contribution in [0, 0.1) is 3.57 Å². The monoisotopic (exact) mass is 634 g/mol. The summed E-state index contributed by atoms with van der Waals surface area (Å²) in [6.45, 7) is 0.0617. The van der Waals surface area contributed by atoms with Crippen molar-refractivity contribution in [1.82, 2.24) is 5.32 Å². The van der Waals surface area contributed by atoms with E-state index < -0.39 is 30.4 Å². The summed E-state index contributed by atoms with van der Waals surface area (Å²) in [4.78, 5) is 36.6. The number of hydrogen-bond donors (Lipinski definition) is 3. The van der Waals surface area contributed by atoms with Crippen LogP contribution in [0.3, 0.4) is 0 Å². The van der Waals surface area contributed by atoms with Crippen LogP contribution in [-0.4, -0.2) is 35.7 Å². The summed E-state index contributed by atoms with van der Waals surface area (Å²) < 4.78 is 7.19. The van der Waals surface area contributed by atoms with E-state index in [1.54, 1.807) is 18.2 Å². The molecule has 3 N–H and O–H groups in total. The number of alkyl carbamates (subject to hydrolysis) is 1. The van der Waals surface area contributed by atoms with Gasteiger partial charge in [-0.1, -0.05) is 48.5 Å². The molecule has 0 saturated carbocycles. The number of carboxylic acids is 1. The quantitative estimate of drug-likeness (QED) is 0.303. The van der Waals surface area contributed by atoms with Gasteiger partial charge in [-0.15, -0.1) is 0 Å².